The lowest BCUT2D eigenvalue weighted by molar-refractivity contribution is -0.132. The molecule has 4 heteroatoms. The topological polar surface area (TPSA) is 32.8 Å². The van der Waals surface area contributed by atoms with Crippen LogP contribution in [-0.4, -0.2) is 49.5 Å². The van der Waals surface area contributed by atoms with E-state index >= 15 is 0 Å². The van der Waals surface area contributed by atoms with E-state index < -0.39 is 0 Å². The summed E-state index contributed by atoms with van der Waals surface area (Å²) in [6.07, 6.45) is 3.11. The molecule has 0 aromatic heterocycles. The molecule has 1 aliphatic heterocycles. The average Bonchev–Trinajstić information content (AvgIpc) is 3.22. The zero-order valence-electron chi connectivity index (χ0n) is 16.6. The minimum atomic E-state index is 0.0867. The number of likely N-dealkylation sites (tertiary alicyclic amines) is 1. The van der Waals surface area contributed by atoms with Crippen molar-refractivity contribution >= 4 is 5.91 Å². The lowest BCUT2D eigenvalue weighted by Gasteiger charge is -2.20. The summed E-state index contributed by atoms with van der Waals surface area (Å²) in [7, 11) is 4.20. The van der Waals surface area contributed by atoms with Gasteiger partial charge in [0, 0.05) is 19.1 Å². The Kier molecular flexibility index (Phi) is 6.51. The highest BCUT2D eigenvalue weighted by molar-refractivity contribution is 5.78. The first-order chi connectivity index (χ1) is 13.0. The van der Waals surface area contributed by atoms with Crippen molar-refractivity contribution in [3.8, 4) is 5.75 Å². The molecule has 1 atom stereocenters. The smallest absolute Gasteiger partial charge is 0.260 e. The zero-order chi connectivity index (χ0) is 19.2. The van der Waals surface area contributed by atoms with Gasteiger partial charge in [0.05, 0.1) is 0 Å². The Labute approximate surface area is 162 Å². The van der Waals surface area contributed by atoms with E-state index in [2.05, 4.69) is 62.3 Å². The van der Waals surface area contributed by atoms with Crippen molar-refractivity contribution in [2.45, 2.75) is 32.2 Å². The standard InChI is InChI=1S/C23H30N2O2/c1-18(24(2)3)21-10-6-19(7-11-21)16-20-8-12-22(13-9-20)27-17-23(26)25-14-4-5-15-25/h6-13,18H,4-5,14-17H2,1-3H3. The number of ether oxygens (including phenoxy) is 1. The highest BCUT2D eigenvalue weighted by atomic mass is 16.5. The SMILES string of the molecule is CC(c1ccc(Cc2ccc(OCC(=O)N3CCCC3)cc2)cc1)N(C)C. The minimum Gasteiger partial charge on any atom is -0.484 e. The molecule has 1 heterocycles. The molecule has 1 aliphatic rings. The van der Waals surface area contributed by atoms with Crippen molar-refractivity contribution in [3.63, 3.8) is 0 Å². The molecule has 1 amide bonds. The molecule has 0 N–H and O–H groups in total. The number of amides is 1. The van der Waals surface area contributed by atoms with Crippen molar-refractivity contribution in [1.82, 2.24) is 9.80 Å². The van der Waals surface area contributed by atoms with Crippen LogP contribution in [0.3, 0.4) is 0 Å². The van der Waals surface area contributed by atoms with Crippen LogP contribution in [-0.2, 0) is 11.2 Å². The molecule has 2 aromatic carbocycles. The number of hydrogen-bond acceptors (Lipinski definition) is 3. The van der Waals surface area contributed by atoms with Crippen LogP contribution < -0.4 is 4.74 Å². The van der Waals surface area contributed by atoms with E-state index in [-0.39, 0.29) is 12.5 Å². The summed E-state index contributed by atoms with van der Waals surface area (Å²) in [5, 5.41) is 0. The third kappa shape index (κ3) is 5.33. The Balaban J connectivity index is 1.52. The van der Waals surface area contributed by atoms with Crippen LogP contribution in [0.1, 0.15) is 42.5 Å². The molecule has 1 fully saturated rings. The van der Waals surface area contributed by atoms with Crippen LogP contribution in [0.15, 0.2) is 48.5 Å². The summed E-state index contributed by atoms with van der Waals surface area (Å²) in [5.74, 6) is 0.838. The predicted molar refractivity (Wildman–Crippen MR) is 109 cm³/mol. The van der Waals surface area contributed by atoms with E-state index in [1.165, 1.54) is 16.7 Å². The van der Waals surface area contributed by atoms with Gasteiger partial charge in [-0.1, -0.05) is 36.4 Å². The molecule has 0 bridgehead atoms. The third-order valence-electron chi connectivity index (χ3n) is 5.39. The van der Waals surface area contributed by atoms with Crippen molar-refractivity contribution in [3.05, 3.63) is 65.2 Å². The maximum atomic E-state index is 12.0. The number of hydrogen-bond donors (Lipinski definition) is 0. The van der Waals surface area contributed by atoms with Gasteiger partial charge in [-0.2, -0.15) is 0 Å². The number of rotatable bonds is 7. The summed E-state index contributed by atoms with van der Waals surface area (Å²) in [6, 6.07) is 17.3. The van der Waals surface area contributed by atoms with E-state index in [4.69, 9.17) is 4.74 Å². The van der Waals surface area contributed by atoms with Gasteiger partial charge in [-0.25, -0.2) is 0 Å². The molecule has 3 rings (SSSR count). The second kappa shape index (κ2) is 9.05. The van der Waals surface area contributed by atoms with Gasteiger partial charge in [0.25, 0.3) is 5.91 Å². The summed E-state index contributed by atoms with van der Waals surface area (Å²) in [4.78, 5) is 16.1. The van der Waals surface area contributed by atoms with Gasteiger partial charge in [-0.05, 0) is 69.1 Å². The average molecular weight is 367 g/mol. The fraction of sp³-hybridized carbons (Fsp3) is 0.435. The van der Waals surface area contributed by atoms with Gasteiger partial charge < -0.3 is 14.5 Å². The Hall–Kier alpha value is -2.33. The van der Waals surface area contributed by atoms with Gasteiger partial charge in [-0.3, -0.25) is 4.79 Å². The van der Waals surface area contributed by atoms with Crippen molar-refractivity contribution in [2.24, 2.45) is 0 Å². The molecule has 0 saturated carbocycles. The normalized spacial score (nSPS) is 15.2. The maximum Gasteiger partial charge on any atom is 0.260 e. The summed E-state index contributed by atoms with van der Waals surface area (Å²) in [6.45, 7) is 4.08. The molecular weight excluding hydrogens is 336 g/mol. The highest BCUT2D eigenvalue weighted by Crippen LogP contribution is 2.20. The Morgan fingerprint density at radius 3 is 2.11 bits per heavy atom. The largest absolute Gasteiger partial charge is 0.484 e. The molecule has 2 aromatic rings. The van der Waals surface area contributed by atoms with E-state index in [0.717, 1.165) is 38.1 Å². The lowest BCUT2D eigenvalue weighted by Crippen LogP contribution is -2.32. The Morgan fingerprint density at radius 1 is 1.00 bits per heavy atom. The Morgan fingerprint density at radius 2 is 1.56 bits per heavy atom. The first-order valence-electron chi connectivity index (χ1n) is 9.78. The number of nitrogens with zero attached hydrogens (tertiary/aromatic N) is 2. The van der Waals surface area contributed by atoms with E-state index in [9.17, 15) is 4.79 Å². The predicted octanol–water partition coefficient (Wildman–Crippen LogP) is 3.90. The van der Waals surface area contributed by atoms with Crippen LogP contribution in [0.4, 0.5) is 0 Å². The monoisotopic (exact) mass is 366 g/mol. The number of benzene rings is 2. The second-order valence-electron chi connectivity index (χ2n) is 7.58. The van der Waals surface area contributed by atoms with Gasteiger partial charge in [0.15, 0.2) is 6.61 Å². The Bertz CT molecular complexity index is 732. The lowest BCUT2D eigenvalue weighted by atomic mass is 10.0. The van der Waals surface area contributed by atoms with Gasteiger partial charge >= 0.3 is 0 Å². The molecule has 1 unspecified atom stereocenters. The highest BCUT2D eigenvalue weighted by Gasteiger charge is 2.18. The molecule has 4 nitrogen and oxygen atoms in total. The molecular formula is C23H30N2O2. The summed E-state index contributed by atoms with van der Waals surface area (Å²) in [5.41, 5.74) is 3.86. The van der Waals surface area contributed by atoms with E-state index in [0.29, 0.717) is 6.04 Å². The number of carbonyl (C=O) groups excluding carboxylic acids is 1. The fourth-order valence-corrected chi connectivity index (χ4v) is 3.35. The fourth-order valence-electron chi connectivity index (χ4n) is 3.35. The van der Waals surface area contributed by atoms with Gasteiger partial charge in [0.1, 0.15) is 5.75 Å². The second-order valence-corrected chi connectivity index (χ2v) is 7.58. The van der Waals surface area contributed by atoms with Crippen molar-refractivity contribution < 1.29 is 9.53 Å². The first kappa shape index (κ1) is 19.4. The van der Waals surface area contributed by atoms with Crippen LogP contribution in [0.5, 0.6) is 5.75 Å². The van der Waals surface area contributed by atoms with Crippen LogP contribution >= 0.6 is 0 Å². The van der Waals surface area contributed by atoms with Crippen molar-refractivity contribution in [1.29, 1.82) is 0 Å². The van der Waals surface area contributed by atoms with Crippen molar-refractivity contribution in [2.75, 3.05) is 33.8 Å². The number of carbonyl (C=O) groups is 1. The van der Waals surface area contributed by atoms with Crippen LogP contribution in [0.25, 0.3) is 0 Å². The molecule has 27 heavy (non-hydrogen) atoms. The first-order valence-corrected chi connectivity index (χ1v) is 9.78. The molecule has 0 radical (unpaired) electrons. The van der Waals surface area contributed by atoms with E-state index in [1.54, 1.807) is 0 Å². The third-order valence-corrected chi connectivity index (χ3v) is 5.39. The van der Waals surface area contributed by atoms with Crippen LogP contribution in [0.2, 0.25) is 0 Å². The summed E-state index contributed by atoms with van der Waals surface area (Å²) >= 11 is 0. The minimum absolute atomic E-state index is 0.0867. The summed E-state index contributed by atoms with van der Waals surface area (Å²) < 4.78 is 5.65. The molecule has 0 aliphatic carbocycles. The zero-order valence-corrected chi connectivity index (χ0v) is 16.6. The van der Waals surface area contributed by atoms with Crippen LogP contribution in [0, 0.1) is 0 Å². The van der Waals surface area contributed by atoms with Gasteiger partial charge in [-0.15, -0.1) is 0 Å². The van der Waals surface area contributed by atoms with E-state index in [1.807, 2.05) is 17.0 Å². The van der Waals surface area contributed by atoms with Gasteiger partial charge in [0.2, 0.25) is 0 Å². The maximum absolute atomic E-state index is 12.0. The quantitative estimate of drug-likeness (QED) is 0.745. The molecule has 0 spiro atoms. The molecule has 1 saturated heterocycles. The molecule has 144 valence electrons.